The molecule has 0 atom stereocenters. The summed E-state index contributed by atoms with van der Waals surface area (Å²) in [5.74, 6) is 0.749. The van der Waals surface area contributed by atoms with E-state index < -0.39 is 0 Å². The molecular weight excluding hydrogens is 268 g/mol. The molecule has 0 saturated heterocycles. The van der Waals surface area contributed by atoms with E-state index in [2.05, 4.69) is 9.97 Å². The fraction of sp³-hybridized carbons (Fsp3) is 0. The zero-order chi connectivity index (χ0) is 13.5. The van der Waals surface area contributed by atoms with Gasteiger partial charge < -0.3 is 4.98 Å². The predicted molar refractivity (Wildman–Crippen MR) is 83.2 cm³/mol. The molecule has 4 rings (SSSR count). The van der Waals surface area contributed by atoms with Crippen LogP contribution in [0.1, 0.15) is 0 Å². The molecule has 0 bridgehead atoms. The molecule has 1 N–H and O–H groups in total. The summed E-state index contributed by atoms with van der Waals surface area (Å²) in [7, 11) is 0. The van der Waals surface area contributed by atoms with Gasteiger partial charge in [0.05, 0.1) is 15.9 Å². The van der Waals surface area contributed by atoms with Crippen molar-refractivity contribution < 1.29 is 0 Å². The van der Waals surface area contributed by atoms with Gasteiger partial charge in [0.1, 0.15) is 5.82 Å². The normalized spacial score (nSPS) is 11.2. The minimum absolute atomic E-state index is 0.0369. The highest BCUT2D eigenvalue weighted by molar-refractivity contribution is 7.21. The maximum atomic E-state index is 12.2. The van der Waals surface area contributed by atoms with E-state index in [0.29, 0.717) is 0 Å². The Balaban J connectivity index is 1.99. The molecule has 2 aromatic heterocycles. The van der Waals surface area contributed by atoms with E-state index in [0.717, 1.165) is 31.8 Å². The number of aromatic nitrogens is 2. The van der Waals surface area contributed by atoms with Gasteiger partial charge in [-0.15, -0.1) is 11.3 Å². The van der Waals surface area contributed by atoms with Crippen molar-refractivity contribution in [2.24, 2.45) is 0 Å². The van der Waals surface area contributed by atoms with Crippen LogP contribution in [0.5, 0.6) is 0 Å². The molecule has 0 unspecified atom stereocenters. The molecule has 96 valence electrons. The highest BCUT2D eigenvalue weighted by atomic mass is 32.1. The third-order valence-corrected chi connectivity index (χ3v) is 4.36. The van der Waals surface area contributed by atoms with E-state index in [9.17, 15) is 4.79 Å². The molecule has 0 amide bonds. The molecule has 0 spiro atoms. The molecule has 2 heterocycles. The molecule has 3 nitrogen and oxygen atoms in total. The van der Waals surface area contributed by atoms with E-state index in [1.807, 2.05) is 48.5 Å². The molecule has 0 saturated carbocycles. The Labute approximate surface area is 118 Å². The first-order valence-corrected chi connectivity index (χ1v) is 7.11. The first-order chi connectivity index (χ1) is 9.81. The number of H-pyrrole nitrogens is 1. The summed E-state index contributed by atoms with van der Waals surface area (Å²) in [4.78, 5) is 20.8. The fourth-order valence-corrected chi connectivity index (χ4v) is 3.31. The van der Waals surface area contributed by atoms with E-state index in [4.69, 9.17) is 0 Å². The van der Waals surface area contributed by atoms with Crippen molar-refractivity contribution in [3.8, 4) is 10.7 Å². The van der Waals surface area contributed by atoms with Crippen LogP contribution in [0.4, 0.5) is 0 Å². The standard InChI is InChI=1S/C16H10N2OS/c19-13-9-15(20-14-8-4-1-5-10(13)14)16-17-11-6-2-3-7-12(11)18-16/h1-9H,(H,17,18). The number of imidazole rings is 1. The highest BCUT2D eigenvalue weighted by Gasteiger charge is 2.08. The van der Waals surface area contributed by atoms with Gasteiger partial charge in [-0.3, -0.25) is 4.79 Å². The van der Waals surface area contributed by atoms with Crippen LogP contribution in [0, 0.1) is 0 Å². The second-order valence-electron chi connectivity index (χ2n) is 4.57. The van der Waals surface area contributed by atoms with Gasteiger partial charge in [-0.25, -0.2) is 4.98 Å². The third-order valence-electron chi connectivity index (χ3n) is 3.26. The van der Waals surface area contributed by atoms with Crippen LogP contribution < -0.4 is 5.43 Å². The number of nitrogens with zero attached hydrogens (tertiary/aromatic N) is 1. The lowest BCUT2D eigenvalue weighted by Crippen LogP contribution is -1.98. The highest BCUT2D eigenvalue weighted by Crippen LogP contribution is 2.27. The maximum absolute atomic E-state index is 12.2. The van der Waals surface area contributed by atoms with Gasteiger partial charge in [0.2, 0.25) is 0 Å². The summed E-state index contributed by atoms with van der Waals surface area (Å²) in [5.41, 5.74) is 1.93. The van der Waals surface area contributed by atoms with Crippen LogP contribution in [-0.4, -0.2) is 9.97 Å². The van der Waals surface area contributed by atoms with E-state index >= 15 is 0 Å². The van der Waals surface area contributed by atoms with Gasteiger partial charge >= 0.3 is 0 Å². The number of fused-ring (bicyclic) bond motifs is 2. The first-order valence-electron chi connectivity index (χ1n) is 6.29. The molecule has 2 aromatic carbocycles. The summed E-state index contributed by atoms with van der Waals surface area (Å²) in [6.45, 7) is 0. The number of nitrogens with one attached hydrogen (secondary N) is 1. The Hall–Kier alpha value is -2.46. The summed E-state index contributed by atoms with van der Waals surface area (Å²) in [6, 6.07) is 17.2. The topological polar surface area (TPSA) is 45.8 Å². The fourth-order valence-electron chi connectivity index (χ4n) is 2.29. The van der Waals surface area contributed by atoms with Crippen molar-refractivity contribution >= 4 is 32.5 Å². The summed E-state index contributed by atoms with van der Waals surface area (Å²) < 4.78 is 0.982. The van der Waals surface area contributed by atoms with Crippen LogP contribution in [0.15, 0.2) is 59.4 Å². The zero-order valence-corrected chi connectivity index (χ0v) is 11.3. The van der Waals surface area contributed by atoms with Gasteiger partial charge in [-0.1, -0.05) is 24.3 Å². The molecule has 4 heteroatoms. The molecule has 0 radical (unpaired) electrons. The Bertz CT molecular complexity index is 951. The lowest BCUT2D eigenvalue weighted by Gasteiger charge is -1.98. The first kappa shape index (κ1) is 11.4. The summed E-state index contributed by atoms with van der Waals surface area (Å²) >= 11 is 1.58. The van der Waals surface area contributed by atoms with Crippen LogP contribution >= 0.6 is 11.3 Å². The summed E-state index contributed by atoms with van der Waals surface area (Å²) in [5, 5.41) is 0.761. The number of benzene rings is 2. The molecule has 0 aliphatic carbocycles. The minimum atomic E-state index is 0.0369. The number of rotatable bonds is 1. The van der Waals surface area contributed by atoms with Crippen LogP contribution in [-0.2, 0) is 0 Å². The van der Waals surface area contributed by atoms with E-state index in [1.54, 1.807) is 17.4 Å². The van der Waals surface area contributed by atoms with Crippen LogP contribution in [0.3, 0.4) is 0 Å². The van der Waals surface area contributed by atoms with E-state index in [1.165, 1.54) is 0 Å². The number of aromatic amines is 1. The van der Waals surface area contributed by atoms with Crippen molar-refractivity contribution in [3.63, 3.8) is 0 Å². The lowest BCUT2D eigenvalue weighted by atomic mass is 10.2. The largest absolute Gasteiger partial charge is 0.337 e. The Morgan fingerprint density at radius 3 is 2.70 bits per heavy atom. The van der Waals surface area contributed by atoms with Crippen LogP contribution in [0.25, 0.3) is 31.8 Å². The van der Waals surface area contributed by atoms with Crippen molar-refractivity contribution in [3.05, 3.63) is 64.8 Å². The van der Waals surface area contributed by atoms with Crippen molar-refractivity contribution in [2.75, 3.05) is 0 Å². The van der Waals surface area contributed by atoms with Crippen molar-refractivity contribution in [1.82, 2.24) is 9.97 Å². The van der Waals surface area contributed by atoms with Crippen LogP contribution in [0.2, 0.25) is 0 Å². The van der Waals surface area contributed by atoms with Gasteiger partial charge in [-0.2, -0.15) is 0 Å². The minimum Gasteiger partial charge on any atom is -0.337 e. The second kappa shape index (κ2) is 4.28. The van der Waals surface area contributed by atoms with E-state index in [-0.39, 0.29) is 5.43 Å². The third kappa shape index (κ3) is 1.73. The predicted octanol–water partition coefficient (Wildman–Crippen LogP) is 3.80. The Kier molecular flexibility index (Phi) is 2.44. The smallest absolute Gasteiger partial charge is 0.188 e. The maximum Gasteiger partial charge on any atom is 0.188 e. The Morgan fingerprint density at radius 2 is 1.80 bits per heavy atom. The molecule has 0 fully saturated rings. The number of para-hydroxylation sites is 2. The number of hydrogen-bond acceptors (Lipinski definition) is 3. The second-order valence-corrected chi connectivity index (χ2v) is 5.66. The number of hydrogen-bond donors (Lipinski definition) is 1. The Morgan fingerprint density at radius 1 is 1.00 bits per heavy atom. The van der Waals surface area contributed by atoms with Crippen molar-refractivity contribution in [2.45, 2.75) is 0 Å². The zero-order valence-electron chi connectivity index (χ0n) is 10.5. The van der Waals surface area contributed by atoms with Gasteiger partial charge in [0, 0.05) is 16.2 Å². The lowest BCUT2D eigenvalue weighted by molar-refractivity contribution is 1.35. The SMILES string of the molecule is O=c1cc(-c2nc3ccccc3[nH]2)sc2ccccc12. The van der Waals surface area contributed by atoms with Gasteiger partial charge in [0.15, 0.2) is 5.43 Å². The quantitative estimate of drug-likeness (QED) is 0.575. The monoisotopic (exact) mass is 278 g/mol. The molecule has 0 aliphatic rings. The van der Waals surface area contributed by atoms with Gasteiger partial charge in [0.25, 0.3) is 0 Å². The van der Waals surface area contributed by atoms with Gasteiger partial charge in [-0.05, 0) is 24.3 Å². The average molecular weight is 278 g/mol. The molecular formula is C16H10N2OS. The van der Waals surface area contributed by atoms with Crippen molar-refractivity contribution in [1.29, 1.82) is 0 Å². The molecule has 0 aliphatic heterocycles. The molecule has 4 aromatic rings. The summed E-state index contributed by atoms with van der Waals surface area (Å²) in [6.07, 6.45) is 0. The molecule has 20 heavy (non-hydrogen) atoms. The average Bonchev–Trinajstić information content (AvgIpc) is 2.91.